The van der Waals surface area contributed by atoms with E-state index in [4.69, 9.17) is 4.43 Å². The number of nitrogens with zero attached hydrogens (tertiary/aromatic N) is 2. The van der Waals surface area contributed by atoms with Gasteiger partial charge in [-0.05, 0) is 24.1 Å². The Balaban J connectivity index is 3.05. The van der Waals surface area contributed by atoms with Crippen LogP contribution in [0.3, 0.4) is 0 Å². The van der Waals surface area contributed by atoms with Gasteiger partial charge >= 0.3 is 0 Å². The summed E-state index contributed by atoms with van der Waals surface area (Å²) >= 11 is 0. The second-order valence-corrected chi connectivity index (χ2v) is 11.0. The van der Waals surface area contributed by atoms with Gasteiger partial charge in [0.1, 0.15) is 11.9 Å². The molecule has 1 heterocycles. The molecule has 0 bridgehead atoms. The quantitative estimate of drug-likeness (QED) is 0.750. The summed E-state index contributed by atoms with van der Waals surface area (Å²) in [4.78, 5) is 4.50. The van der Waals surface area contributed by atoms with Crippen molar-refractivity contribution >= 4 is 8.32 Å². The summed E-state index contributed by atoms with van der Waals surface area (Å²) < 4.78 is 8.66. The van der Waals surface area contributed by atoms with Crippen molar-refractivity contribution in [3.8, 4) is 0 Å². The van der Waals surface area contributed by atoms with E-state index >= 15 is 0 Å². The third-order valence-electron chi connectivity index (χ3n) is 3.78. The van der Waals surface area contributed by atoms with Crippen LogP contribution in [0.5, 0.6) is 0 Å². The highest BCUT2D eigenvalue weighted by Crippen LogP contribution is 2.38. The monoisotopic (exact) mass is 268 g/mol. The van der Waals surface area contributed by atoms with Gasteiger partial charge in [0.25, 0.3) is 0 Å². The van der Waals surface area contributed by atoms with E-state index < -0.39 is 8.32 Å². The predicted molar refractivity (Wildman–Crippen MR) is 79.1 cm³/mol. The maximum absolute atomic E-state index is 6.58. The highest BCUT2D eigenvalue weighted by molar-refractivity contribution is 6.72. The molecular formula is C14H28N2OSi. The summed E-state index contributed by atoms with van der Waals surface area (Å²) in [5, 5.41) is 0. The van der Waals surface area contributed by atoms with Crippen molar-refractivity contribution < 1.29 is 4.43 Å². The van der Waals surface area contributed by atoms with Crippen LogP contribution in [0.25, 0.3) is 0 Å². The highest BCUT2D eigenvalue weighted by Gasteiger charge is 2.37. The summed E-state index contributed by atoms with van der Waals surface area (Å²) in [6, 6.07) is 2.31. The van der Waals surface area contributed by atoms with Gasteiger partial charge in [0, 0.05) is 19.4 Å². The normalized spacial score (nSPS) is 14.8. The first-order chi connectivity index (χ1) is 8.23. The van der Waals surface area contributed by atoms with Gasteiger partial charge in [0.05, 0.1) is 0 Å². The second-order valence-electron chi connectivity index (χ2n) is 6.42. The Morgan fingerprint density at radius 2 is 1.89 bits per heavy atom. The number of aromatic nitrogens is 2. The topological polar surface area (TPSA) is 27.1 Å². The first-order valence-corrected chi connectivity index (χ1v) is 9.71. The number of hydrogen-bond donors (Lipinski definition) is 0. The van der Waals surface area contributed by atoms with E-state index in [1.165, 1.54) is 0 Å². The van der Waals surface area contributed by atoms with Gasteiger partial charge in [-0.1, -0.05) is 34.6 Å². The lowest BCUT2D eigenvalue weighted by Gasteiger charge is -2.37. The molecule has 1 unspecified atom stereocenters. The molecule has 3 nitrogen and oxygen atoms in total. The molecule has 1 aromatic rings. The molecule has 0 saturated carbocycles. The zero-order valence-corrected chi connectivity index (χ0v) is 13.9. The van der Waals surface area contributed by atoms with Gasteiger partial charge in [-0.3, -0.25) is 0 Å². The molecule has 18 heavy (non-hydrogen) atoms. The van der Waals surface area contributed by atoms with Crippen LogP contribution in [-0.2, 0) is 11.5 Å². The summed E-state index contributed by atoms with van der Waals surface area (Å²) in [7, 11) is 0.440. The molecule has 0 radical (unpaired) electrons. The molecule has 4 heteroatoms. The van der Waals surface area contributed by atoms with Crippen LogP contribution < -0.4 is 0 Å². The van der Waals surface area contributed by atoms with E-state index in [1.54, 1.807) is 0 Å². The molecule has 1 aromatic heterocycles. The molecule has 104 valence electrons. The van der Waals surface area contributed by atoms with Crippen molar-refractivity contribution in [3.63, 3.8) is 0 Å². The number of imidazole rings is 1. The maximum atomic E-state index is 6.58. The van der Waals surface area contributed by atoms with E-state index in [-0.39, 0.29) is 11.5 Å². The third-order valence-corrected chi connectivity index (χ3v) is 7.57. The minimum atomic E-state index is -1.60. The standard InChI is InChI=1S/C14H28N2OSi/c1-8-18(7,9-2)17-12(14(3,4)5)13-15-10-11-16(13)6/h10-12H,8-9H2,1-7H3. The van der Waals surface area contributed by atoms with E-state index in [0.29, 0.717) is 0 Å². The third kappa shape index (κ3) is 3.45. The minimum Gasteiger partial charge on any atom is -0.406 e. The molecule has 0 N–H and O–H groups in total. The van der Waals surface area contributed by atoms with Gasteiger partial charge < -0.3 is 8.99 Å². The molecule has 0 aliphatic heterocycles. The minimum absolute atomic E-state index is 0.0672. The van der Waals surface area contributed by atoms with E-state index in [2.05, 4.69) is 50.7 Å². The zero-order chi connectivity index (χ0) is 14.0. The van der Waals surface area contributed by atoms with E-state index in [1.807, 2.05) is 19.4 Å². The molecule has 1 atom stereocenters. The van der Waals surface area contributed by atoms with Gasteiger partial charge in [0.2, 0.25) is 0 Å². The van der Waals surface area contributed by atoms with Gasteiger partial charge in [-0.15, -0.1) is 0 Å². The number of aryl methyl sites for hydroxylation is 1. The molecule has 0 saturated heterocycles. The summed E-state index contributed by atoms with van der Waals surface area (Å²) in [5.41, 5.74) is 0.0672. The Labute approximate surface area is 113 Å². The second kappa shape index (κ2) is 5.57. The van der Waals surface area contributed by atoms with Crippen LogP contribution >= 0.6 is 0 Å². The van der Waals surface area contributed by atoms with Crippen LogP contribution in [0, 0.1) is 5.41 Å². The van der Waals surface area contributed by atoms with Crippen molar-refractivity contribution in [2.45, 2.75) is 59.4 Å². The Bertz CT molecular complexity index is 377. The van der Waals surface area contributed by atoms with E-state index in [9.17, 15) is 0 Å². The van der Waals surface area contributed by atoms with Gasteiger partial charge in [-0.2, -0.15) is 0 Å². The van der Waals surface area contributed by atoms with Crippen molar-refractivity contribution in [1.29, 1.82) is 0 Å². The average molecular weight is 268 g/mol. The van der Waals surface area contributed by atoms with Crippen molar-refractivity contribution in [1.82, 2.24) is 9.55 Å². The number of hydrogen-bond acceptors (Lipinski definition) is 2. The molecule has 0 aliphatic carbocycles. The van der Waals surface area contributed by atoms with Crippen LogP contribution in [0.1, 0.15) is 46.5 Å². The molecule has 0 spiro atoms. The Kier molecular flexibility index (Phi) is 4.78. The predicted octanol–water partition coefficient (Wildman–Crippen LogP) is 4.14. The average Bonchev–Trinajstić information content (AvgIpc) is 2.70. The van der Waals surface area contributed by atoms with Crippen molar-refractivity contribution in [2.24, 2.45) is 12.5 Å². The molecule has 1 rings (SSSR count). The summed E-state index contributed by atoms with van der Waals surface area (Å²) in [6.07, 6.45) is 3.93. The molecule has 0 aliphatic rings. The maximum Gasteiger partial charge on any atom is 0.190 e. The Morgan fingerprint density at radius 1 is 1.33 bits per heavy atom. The lowest BCUT2D eigenvalue weighted by atomic mass is 9.89. The van der Waals surface area contributed by atoms with Crippen LogP contribution in [0.15, 0.2) is 12.4 Å². The lowest BCUT2D eigenvalue weighted by Crippen LogP contribution is -2.39. The van der Waals surface area contributed by atoms with Gasteiger partial charge in [0.15, 0.2) is 8.32 Å². The van der Waals surface area contributed by atoms with Crippen LogP contribution in [-0.4, -0.2) is 17.9 Å². The first-order valence-electron chi connectivity index (χ1n) is 6.88. The largest absolute Gasteiger partial charge is 0.406 e. The number of rotatable bonds is 5. The fraction of sp³-hybridized carbons (Fsp3) is 0.786. The zero-order valence-electron chi connectivity index (χ0n) is 12.9. The SMILES string of the molecule is CC[Si](C)(CC)OC(c1nccn1C)C(C)(C)C. The van der Waals surface area contributed by atoms with Crippen LogP contribution in [0.2, 0.25) is 18.6 Å². The molecule has 0 amide bonds. The summed E-state index contributed by atoms with van der Waals surface area (Å²) in [5.74, 6) is 1.04. The highest BCUT2D eigenvalue weighted by atomic mass is 28.4. The Morgan fingerprint density at radius 3 is 2.22 bits per heavy atom. The van der Waals surface area contributed by atoms with E-state index in [0.717, 1.165) is 17.9 Å². The molecular weight excluding hydrogens is 240 g/mol. The van der Waals surface area contributed by atoms with Crippen LogP contribution in [0.4, 0.5) is 0 Å². The van der Waals surface area contributed by atoms with Gasteiger partial charge in [-0.25, -0.2) is 4.98 Å². The Hall–Kier alpha value is -0.613. The molecule has 0 aromatic carbocycles. The van der Waals surface area contributed by atoms with Crippen molar-refractivity contribution in [2.75, 3.05) is 0 Å². The first kappa shape index (κ1) is 15.4. The smallest absolute Gasteiger partial charge is 0.190 e. The molecule has 0 fully saturated rings. The fourth-order valence-electron chi connectivity index (χ4n) is 1.95. The van der Waals surface area contributed by atoms with Crippen molar-refractivity contribution in [3.05, 3.63) is 18.2 Å². The fourth-order valence-corrected chi connectivity index (χ4v) is 3.81. The lowest BCUT2D eigenvalue weighted by molar-refractivity contribution is 0.0668. The summed E-state index contributed by atoms with van der Waals surface area (Å²) in [6.45, 7) is 13.5.